The van der Waals surface area contributed by atoms with E-state index in [1.807, 2.05) is 31.2 Å². The minimum atomic E-state index is -0.211. The van der Waals surface area contributed by atoms with Crippen molar-refractivity contribution < 1.29 is 13.9 Å². The van der Waals surface area contributed by atoms with Crippen molar-refractivity contribution in [1.29, 1.82) is 0 Å². The molecule has 110 valence electrons. The molecule has 4 heteroatoms. The van der Waals surface area contributed by atoms with Gasteiger partial charge in [-0.05, 0) is 49.2 Å². The number of fused-ring (bicyclic) bond motifs is 1. The molecule has 0 spiro atoms. The third-order valence-corrected chi connectivity index (χ3v) is 3.75. The van der Waals surface area contributed by atoms with Crippen molar-refractivity contribution in [3.63, 3.8) is 0 Å². The van der Waals surface area contributed by atoms with Crippen LogP contribution in [0.5, 0.6) is 11.5 Å². The Kier molecular flexibility index (Phi) is 3.80. The molecule has 0 radical (unpaired) electrons. The van der Waals surface area contributed by atoms with E-state index in [1.165, 1.54) is 6.07 Å². The molecule has 21 heavy (non-hydrogen) atoms. The molecular weight excluding hydrogens is 269 g/mol. The molecule has 0 fully saturated rings. The van der Waals surface area contributed by atoms with Crippen LogP contribution in [0.1, 0.15) is 37.1 Å². The molecule has 0 saturated heterocycles. The topological polar surface area (TPSA) is 30.5 Å². The maximum Gasteiger partial charge on any atom is 0.231 e. The quantitative estimate of drug-likeness (QED) is 0.923. The summed E-state index contributed by atoms with van der Waals surface area (Å²) < 4.78 is 24.0. The smallest absolute Gasteiger partial charge is 0.231 e. The van der Waals surface area contributed by atoms with Gasteiger partial charge in [0.1, 0.15) is 5.82 Å². The van der Waals surface area contributed by atoms with Crippen LogP contribution < -0.4 is 14.8 Å². The fraction of sp³-hybridized carbons (Fsp3) is 0.294. The van der Waals surface area contributed by atoms with Crippen molar-refractivity contribution in [2.45, 2.75) is 25.9 Å². The van der Waals surface area contributed by atoms with E-state index in [4.69, 9.17) is 9.47 Å². The van der Waals surface area contributed by atoms with Crippen molar-refractivity contribution in [3.8, 4) is 11.5 Å². The molecule has 1 N–H and O–H groups in total. The van der Waals surface area contributed by atoms with E-state index in [2.05, 4.69) is 12.2 Å². The minimum absolute atomic E-state index is 0.0566. The van der Waals surface area contributed by atoms with Gasteiger partial charge in [-0.3, -0.25) is 0 Å². The Morgan fingerprint density at radius 2 is 1.67 bits per heavy atom. The third-order valence-electron chi connectivity index (χ3n) is 3.75. The fourth-order valence-electron chi connectivity index (χ4n) is 2.53. The summed E-state index contributed by atoms with van der Waals surface area (Å²) in [6, 6.07) is 12.8. The highest BCUT2D eigenvalue weighted by atomic mass is 19.1. The fourth-order valence-corrected chi connectivity index (χ4v) is 2.53. The second kappa shape index (κ2) is 5.74. The predicted octanol–water partition coefficient (Wildman–Crippen LogP) is 3.97. The SMILES string of the molecule is CC(NC(C)c1ccc2c(c1)OCO2)c1cccc(F)c1. The maximum atomic E-state index is 13.3. The van der Waals surface area contributed by atoms with Gasteiger partial charge in [0, 0.05) is 12.1 Å². The molecule has 2 aromatic carbocycles. The average Bonchev–Trinajstić information content (AvgIpc) is 2.94. The van der Waals surface area contributed by atoms with E-state index in [0.717, 1.165) is 22.6 Å². The molecule has 3 rings (SSSR count). The Balaban J connectivity index is 1.72. The third kappa shape index (κ3) is 3.00. The van der Waals surface area contributed by atoms with Crippen LogP contribution in [-0.2, 0) is 0 Å². The van der Waals surface area contributed by atoms with Gasteiger partial charge in [-0.2, -0.15) is 0 Å². The van der Waals surface area contributed by atoms with Gasteiger partial charge < -0.3 is 14.8 Å². The monoisotopic (exact) mass is 287 g/mol. The molecule has 2 aromatic rings. The molecule has 0 aliphatic carbocycles. The lowest BCUT2D eigenvalue weighted by molar-refractivity contribution is 0.174. The van der Waals surface area contributed by atoms with Crippen LogP contribution in [0.15, 0.2) is 42.5 Å². The zero-order valence-electron chi connectivity index (χ0n) is 12.1. The normalized spacial score (nSPS) is 15.8. The Morgan fingerprint density at radius 3 is 2.43 bits per heavy atom. The highest BCUT2D eigenvalue weighted by Crippen LogP contribution is 2.34. The minimum Gasteiger partial charge on any atom is -0.454 e. The number of hydrogen-bond acceptors (Lipinski definition) is 3. The van der Waals surface area contributed by atoms with E-state index < -0.39 is 0 Å². The highest BCUT2D eigenvalue weighted by molar-refractivity contribution is 5.45. The Labute approximate surface area is 123 Å². The summed E-state index contributed by atoms with van der Waals surface area (Å²) in [6.45, 7) is 4.38. The van der Waals surface area contributed by atoms with Gasteiger partial charge in [0.15, 0.2) is 11.5 Å². The summed E-state index contributed by atoms with van der Waals surface area (Å²) in [5, 5.41) is 3.47. The molecule has 3 nitrogen and oxygen atoms in total. The number of benzene rings is 2. The van der Waals surface area contributed by atoms with E-state index in [0.29, 0.717) is 0 Å². The highest BCUT2D eigenvalue weighted by Gasteiger charge is 2.17. The van der Waals surface area contributed by atoms with E-state index >= 15 is 0 Å². The summed E-state index contributed by atoms with van der Waals surface area (Å²) in [4.78, 5) is 0. The van der Waals surface area contributed by atoms with Gasteiger partial charge in [-0.15, -0.1) is 0 Å². The van der Waals surface area contributed by atoms with Crippen molar-refractivity contribution >= 4 is 0 Å². The first kappa shape index (κ1) is 13.9. The number of hydrogen-bond donors (Lipinski definition) is 1. The van der Waals surface area contributed by atoms with Crippen LogP contribution in [-0.4, -0.2) is 6.79 Å². The largest absolute Gasteiger partial charge is 0.454 e. The Bertz CT molecular complexity index is 644. The predicted molar refractivity (Wildman–Crippen MR) is 78.9 cm³/mol. The zero-order chi connectivity index (χ0) is 14.8. The summed E-state index contributed by atoms with van der Waals surface area (Å²) >= 11 is 0. The molecule has 0 amide bonds. The van der Waals surface area contributed by atoms with Gasteiger partial charge in [-0.1, -0.05) is 18.2 Å². The van der Waals surface area contributed by atoms with Crippen molar-refractivity contribution in [3.05, 3.63) is 59.4 Å². The van der Waals surface area contributed by atoms with Gasteiger partial charge in [0.2, 0.25) is 6.79 Å². The molecule has 0 aromatic heterocycles. The first-order chi connectivity index (χ1) is 10.1. The molecule has 1 aliphatic rings. The van der Waals surface area contributed by atoms with Crippen molar-refractivity contribution in [2.75, 3.05) is 6.79 Å². The molecule has 0 bridgehead atoms. The van der Waals surface area contributed by atoms with E-state index in [9.17, 15) is 4.39 Å². The number of halogens is 1. The summed E-state index contributed by atoms with van der Waals surface area (Å²) in [5.74, 6) is 1.35. The number of ether oxygens (including phenoxy) is 2. The number of rotatable bonds is 4. The van der Waals surface area contributed by atoms with E-state index in [-0.39, 0.29) is 24.7 Å². The van der Waals surface area contributed by atoms with Crippen LogP contribution in [0.4, 0.5) is 4.39 Å². The van der Waals surface area contributed by atoms with Crippen LogP contribution in [0.2, 0.25) is 0 Å². The zero-order valence-corrected chi connectivity index (χ0v) is 12.1. The molecule has 1 heterocycles. The molecule has 2 atom stereocenters. The lowest BCUT2D eigenvalue weighted by atomic mass is 10.0. The molecule has 0 saturated carbocycles. The summed E-state index contributed by atoms with van der Waals surface area (Å²) in [6.07, 6.45) is 0. The van der Waals surface area contributed by atoms with Gasteiger partial charge >= 0.3 is 0 Å². The summed E-state index contributed by atoms with van der Waals surface area (Å²) in [7, 11) is 0. The Morgan fingerprint density at radius 1 is 0.952 bits per heavy atom. The molecule has 1 aliphatic heterocycles. The maximum absolute atomic E-state index is 13.3. The standard InChI is InChI=1S/C17H18FNO2/c1-11(13-4-3-5-15(18)8-13)19-12(2)14-6-7-16-17(9-14)21-10-20-16/h3-9,11-12,19H,10H2,1-2H3. The first-order valence-electron chi connectivity index (χ1n) is 7.04. The van der Waals surface area contributed by atoms with Crippen LogP contribution in [0.25, 0.3) is 0 Å². The second-order valence-corrected chi connectivity index (χ2v) is 5.28. The first-order valence-corrected chi connectivity index (χ1v) is 7.04. The second-order valence-electron chi connectivity index (χ2n) is 5.28. The van der Waals surface area contributed by atoms with Crippen molar-refractivity contribution in [1.82, 2.24) is 5.32 Å². The van der Waals surface area contributed by atoms with Gasteiger partial charge in [-0.25, -0.2) is 4.39 Å². The Hall–Kier alpha value is -2.07. The summed E-state index contributed by atoms with van der Waals surface area (Å²) in [5.41, 5.74) is 2.05. The van der Waals surface area contributed by atoms with E-state index in [1.54, 1.807) is 12.1 Å². The van der Waals surface area contributed by atoms with Crippen LogP contribution in [0.3, 0.4) is 0 Å². The van der Waals surface area contributed by atoms with Gasteiger partial charge in [0.05, 0.1) is 0 Å². The number of nitrogens with one attached hydrogen (secondary N) is 1. The molecule has 2 unspecified atom stereocenters. The lowest BCUT2D eigenvalue weighted by Crippen LogP contribution is -2.22. The average molecular weight is 287 g/mol. The molecular formula is C17H18FNO2. The lowest BCUT2D eigenvalue weighted by Gasteiger charge is -2.21. The van der Waals surface area contributed by atoms with Crippen LogP contribution in [0, 0.1) is 5.82 Å². The van der Waals surface area contributed by atoms with Crippen LogP contribution >= 0.6 is 0 Å². The van der Waals surface area contributed by atoms with Crippen molar-refractivity contribution in [2.24, 2.45) is 0 Å². The van der Waals surface area contributed by atoms with Gasteiger partial charge in [0.25, 0.3) is 0 Å².